The Balaban J connectivity index is 1.75. The standard InChI is InChI=1S/C29H27BrO4S/c1-2-3-8-21-13-16-29(35(31,32)33)27(17-21)24-12-7-11-23(18-24)26-19-25(30)14-15-28(26)34-20-22-9-5-4-6-10-22/h4-7,9-19H,2-3,8,20H2,1H3,(H,31,32,33). The zero-order chi connectivity index (χ0) is 24.8. The number of halogens is 1. The molecule has 4 aromatic rings. The lowest BCUT2D eigenvalue weighted by Crippen LogP contribution is -2.02. The van der Waals surface area contributed by atoms with Crippen molar-refractivity contribution in [3.8, 4) is 28.0 Å². The molecule has 0 aromatic heterocycles. The lowest BCUT2D eigenvalue weighted by molar-refractivity contribution is 0.307. The van der Waals surface area contributed by atoms with Crippen LogP contribution in [0.15, 0.2) is 100 Å². The maximum absolute atomic E-state index is 12.2. The molecule has 0 saturated carbocycles. The maximum atomic E-state index is 12.2. The molecular formula is C29H27BrO4S. The monoisotopic (exact) mass is 550 g/mol. The minimum Gasteiger partial charge on any atom is -0.488 e. The maximum Gasteiger partial charge on any atom is 0.295 e. The first-order chi connectivity index (χ1) is 16.8. The van der Waals surface area contributed by atoms with Crippen molar-refractivity contribution in [1.82, 2.24) is 0 Å². The van der Waals surface area contributed by atoms with Crippen LogP contribution in [0.25, 0.3) is 22.3 Å². The Morgan fingerprint density at radius 3 is 2.26 bits per heavy atom. The van der Waals surface area contributed by atoms with Crippen molar-refractivity contribution in [2.24, 2.45) is 0 Å². The van der Waals surface area contributed by atoms with Gasteiger partial charge in [-0.25, -0.2) is 0 Å². The summed E-state index contributed by atoms with van der Waals surface area (Å²) in [6, 6.07) is 28.6. The van der Waals surface area contributed by atoms with Crippen LogP contribution in [0.4, 0.5) is 0 Å². The van der Waals surface area contributed by atoms with Crippen molar-refractivity contribution in [3.63, 3.8) is 0 Å². The molecule has 0 saturated heterocycles. The molecule has 0 amide bonds. The van der Waals surface area contributed by atoms with Gasteiger partial charge in [-0.3, -0.25) is 4.55 Å². The van der Waals surface area contributed by atoms with E-state index >= 15 is 0 Å². The minimum absolute atomic E-state index is 0.0929. The molecule has 0 unspecified atom stereocenters. The smallest absolute Gasteiger partial charge is 0.295 e. The van der Waals surface area contributed by atoms with Crippen molar-refractivity contribution < 1.29 is 17.7 Å². The highest BCUT2D eigenvalue weighted by molar-refractivity contribution is 9.10. The third-order valence-corrected chi connectivity index (χ3v) is 7.21. The topological polar surface area (TPSA) is 63.6 Å². The van der Waals surface area contributed by atoms with Crippen LogP contribution in [0, 0.1) is 0 Å². The Morgan fingerprint density at radius 1 is 0.800 bits per heavy atom. The first kappa shape index (κ1) is 25.2. The van der Waals surface area contributed by atoms with E-state index in [0.717, 1.165) is 51.7 Å². The molecule has 1 N–H and O–H groups in total. The average Bonchev–Trinajstić information content (AvgIpc) is 2.86. The van der Waals surface area contributed by atoms with Crippen LogP contribution in [0.1, 0.15) is 30.9 Å². The molecule has 0 aliphatic rings. The van der Waals surface area contributed by atoms with Crippen molar-refractivity contribution in [2.45, 2.75) is 37.7 Å². The Labute approximate surface area is 215 Å². The molecule has 4 nitrogen and oxygen atoms in total. The number of rotatable bonds is 9. The fraction of sp³-hybridized carbons (Fsp3) is 0.172. The number of hydrogen-bond donors (Lipinski definition) is 1. The summed E-state index contributed by atoms with van der Waals surface area (Å²) >= 11 is 3.56. The highest BCUT2D eigenvalue weighted by atomic mass is 79.9. The van der Waals surface area contributed by atoms with Crippen LogP contribution in [0.3, 0.4) is 0 Å². The summed E-state index contributed by atoms with van der Waals surface area (Å²) in [5.74, 6) is 0.723. The van der Waals surface area contributed by atoms with E-state index in [1.54, 1.807) is 6.07 Å². The second-order valence-electron chi connectivity index (χ2n) is 8.40. The van der Waals surface area contributed by atoms with Gasteiger partial charge in [-0.1, -0.05) is 83.9 Å². The molecule has 0 spiro atoms. The first-order valence-electron chi connectivity index (χ1n) is 11.5. The molecule has 35 heavy (non-hydrogen) atoms. The number of hydrogen-bond acceptors (Lipinski definition) is 3. The van der Waals surface area contributed by atoms with E-state index in [1.165, 1.54) is 6.07 Å². The van der Waals surface area contributed by atoms with E-state index in [0.29, 0.717) is 17.7 Å². The highest BCUT2D eigenvalue weighted by Crippen LogP contribution is 2.37. The van der Waals surface area contributed by atoms with Gasteiger partial charge in [0, 0.05) is 15.6 Å². The normalized spacial score (nSPS) is 11.4. The summed E-state index contributed by atoms with van der Waals surface area (Å²) in [4.78, 5) is -0.0929. The number of aryl methyl sites for hydroxylation is 1. The third kappa shape index (κ3) is 6.40. The van der Waals surface area contributed by atoms with Gasteiger partial charge in [0.1, 0.15) is 17.3 Å². The van der Waals surface area contributed by atoms with Gasteiger partial charge in [0.2, 0.25) is 0 Å². The molecule has 4 rings (SSSR count). The lowest BCUT2D eigenvalue weighted by Gasteiger charge is -2.15. The second-order valence-corrected chi connectivity index (χ2v) is 10.7. The molecule has 0 atom stereocenters. The summed E-state index contributed by atoms with van der Waals surface area (Å²) < 4.78 is 41.3. The van der Waals surface area contributed by atoms with Gasteiger partial charge in [0.15, 0.2) is 0 Å². The number of unbranched alkanes of at least 4 members (excludes halogenated alkanes) is 1. The molecule has 6 heteroatoms. The summed E-state index contributed by atoms with van der Waals surface area (Å²) in [6.45, 7) is 2.55. The number of benzene rings is 4. The SMILES string of the molecule is CCCCc1ccc(S(=O)(=O)O)c(-c2cccc(-c3cc(Br)ccc3OCc3ccccc3)c2)c1. The van der Waals surface area contributed by atoms with Crippen molar-refractivity contribution in [2.75, 3.05) is 0 Å². The zero-order valence-electron chi connectivity index (χ0n) is 19.4. The van der Waals surface area contributed by atoms with E-state index in [-0.39, 0.29) is 4.90 Å². The molecule has 0 aliphatic heterocycles. The fourth-order valence-corrected chi connectivity index (χ4v) is 5.06. The van der Waals surface area contributed by atoms with Gasteiger partial charge in [-0.15, -0.1) is 0 Å². The van der Waals surface area contributed by atoms with E-state index < -0.39 is 10.1 Å². The molecule has 0 bridgehead atoms. The molecule has 0 fully saturated rings. The van der Waals surface area contributed by atoms with E-state index in [2.05, 4.69) is 22.9 Å². The molecule has 180 valence electrons. The van der Waals surface area contributed by atoms with Gasteiger partial charge in [0.05, 0.1) is 0 Å². The molecule has 0 aliphatic carbocycles. The predicted molar refractivity (Wildman–Crippen MR) is 144 cm³/mol. The van der Waals surface area contributed by atoms with Crippen LogP contribution in [-0.4, -0.2) is 13.0 Å². The van der Waals surface area contributed by atoms with Gasteiger partial charge in [-0.2, -0.15) is 8.42 Å². The Kier molecular flexibility index (Phi) is 8.06. The zero-order valence-corrected chi connectivity index (χ0v) is 21.8. The van der Waals surface area contributed by atoms with Gasteiger partial charge < -0.3 is 4.74 Å². The van der Waals surface area contributed by atoms with Crippen molar-refractivity contribution in [3.05, 3.63) is 107 Å². The van der Waals surface area contributed by atoms with Gasteiger partial charge >= 0.3 is 0 Å². The quantitative estimate of drug-likeness (QED) is 0.215. The van der Waals surface area contributed by atoms with Gasteiger partial charge in [-0.05, 0) is 71.5 Å². The van der Waals surface area contributed by atoms with Crippen LogP contribution in [-0.2, 0) is 23.1 Å². The van der Waals surface area contributed by atoms with Crippen molar-refractivity contribution in [1.29, 1.82) is 0 Å². The average molecular weight is 552 g/mol. The third-order valence-electron chi connectivity index (χ3n) is 5.80. The summed E-state index contributed by atoms with van der Waals surface area (Å²) in [5.41, 5.74) is 5.07. The van der Waals surface area contributed by atoms with E-state index in [4.69, 9.17) is 4.74 Å². The molecular weight excluding hydrogens is 524 g/mol. The van der Waals surface area contributed by atoms with Crippen LogP contribution >= 0.6 is 15.9 Å². The minimum atomic E-state index is -4.38. The largest absolute Gasteiger partial charge is 0.488 e. The van der Waals surface area contributed by atoms with E-state index in [1.807, 2.05) is 78.9 Å². The van der Waals surface area contributed by atoms with E-state index in [9.17, 15) is 13.0 Å². The number of ether oxygens (including phenoxy) is 1. The van der Waals surface area contributed by atoms with Gasteiger partial charge in [0.25, 0.3) is 10.1 Å². The molecule has 0 heterocycles. The Morgan fingerprint density at radius 2 is 1.54 bits per heavy atom. The fourth-order valence-electron chi connectivity index (χ4n) is 4.01. The first-order valence-corrected chi connectivity index (χ1v) is 13.8. The summed E-state index contributed by atoms with van der Waals surface area (Å²) in [6.07, 6.45) is 2.89. The molecule has 0 radical (unpaired) electrons. The van der Waals surface area contributed by atoms with Crippen LogP contribution in [0.2, 0.25) is 0 Å². The summed E-state index contributed by atoms with van der Waals surface area (Å²) in [5, 5.41) is 0. The second kappa shape index (κ2) is 11.2. The summed E-state index contributed by atoms with van der Waals surface area (Å²) in [7, 11) is -4.38. The Bertz CT molecular complexity index is 1420. The molecule has 4 aromatic carbocycles. The van der Waals surface area contributed by atoms with Crippen LogP contribution in [0.5, 0.6) is 5.75 Å². The Hall–Kier alpha value is -2.93. The lowest BCUT2D eigenvalue weighted by atomic mass is 9.96. The van der Waals surface area contributed by atoms with Crippen LogP contribution < -0.4 is 4.74 Å². The predicted octanol–water partition coefficient (Wildman–Crippen LogP) is 7.95. The highest BCUT2D eigenvalue weighted by Gasteiger charge is 2.18. The van der Waals surface area contributed by atoms with Crippen molar-refractivity contribution >= 4 is 26.0 Å².